The molecule has 0 radical (unpaired) electrons. The quantitative estimate of drug-likeness (QED) is 0.921. The average molecular weight is 296 g/mol. The monoisotopic (exact) mass is 296 g/mol. The third-order valence-electron chi connectivity index (χ3n) is 2.99. The second kappa shape index (κ2) is 6.42. The van der Waals surface area contributed by atoms with Crippen molar-refractivity contribution in [2.75, 3.05) is 11.5 Å². The van der Waals surface area contributed by atoms with E-state index in [-0.39, 0.29) is 11.8 Å². The Bertz CT molecular complexity index is 573. The molecule has 1 atom stereocenters. The summed E-state index contributed by atoms with van der Waals surface area (Å²) < 4.78 is 27.0. The van der Waals surface area contributed by atoms with Gasteiger partial charge in [0.25, 0.3) is 0 Å². The Hall–Kier alpha value is -1.03. The summed E-state index contributed by atoms with van der Waals surface area (Å²) in [4.78, 5) is 0. The van der Waals surface area contributed by atoms with Gasteiger partial charge in [0.2, 0.25) is 10.0 Å². The van der Waals surface area contributed by atoms with Crippen LogP contribution < -0.4 is 4.72 Å². The zero-order valence-electron chi connectivity index (χ0n) is 10.5. The zero-order chi connectivity index (χ0) is 13.7. The number of nitriles is 1. The number of hydrogen-bond donors (Lipinski definition) is 1. The van der Waals surface area contributed by atoms with Gasteiger partial charge in [-0.25, -0.2) is 13.1 Å². The molecule has 0 aliphatic carbocycles. The standard InChI is InChI=1S/C13H16N2O2S2/c14-8-11-4-1-2-5-12(11)10-19(16,17)15-13-6-3-7-18-9-13/h1-2,4-5,13,15H,3,6-7,9-10H2. The maximum Gasteiger partial charge on any atom is 0.216 e. The molecule has 1 aromatic carbocycles. The van der Waals surface area contributed by atoms with Crippen LogP contribution in [0.3, 0.4) is 0 Å². The minimum Gasteiger partial charge on any atom is -0.212 e. The van der Waals surface area contributed by atoms with Crippen LogP contribution >= 0.6 is 11.8 Å². The van der Waals surface area contributed by atoms with E-state index in [2.05, 4.69) is 4.72 Å². The fraction of sp³-hybridized carbons (Fsp3) is 0.462. The molecule has 0 amide bonds. The average Bonchev–Trinajstić information content (AvgIpc) is 2.39. The first kappa shape index (κ1) is 14.4. The lowest BCUT2D eigenvalue weighted by atomic mass is 10.1. The van der Waals surface area contributed by atoms with Crippen LogP contribution in [0.15, 0.2) is 24.3 Å². The Balaban J connectivity index is 2.06. The van der Waals surface area contributed by atoms with E-state index >= 15 is 0 Å². The molecular weight excluding hydrogens is 280 g/mol. The lowest BCUT2D eigenvalue weighted by Crippen LogP contribution is -2.39. The largest absolute Gasteiger partial charge is 0.216 e. The molecule has 1 fully saturated rings. The Kier molecular flexibility index (Phi) is 4.86. The number of benzene rings is 1. The summed E-state index contributed by atoms with van der Waals surface area (Å²) in [7, 11) is -3.38. The van der Waals surface area contributed by atoms with Gasteiger partial charge < -0.3 is 0 Å². The summed E-state index contributed by atoms with van der Waals surface area (Å²) >= 11 is 1.78. The molecule has 1 heterocycles. The van der Waals surface area contributed by atoms with Crippen LogP contribution in [0, 0.1) is 11.3 Å². The Morgan fingerprint density at radius 1 is 1.42 bits per heavy atom. The number of thioether (sulfide) groups is 1. The Labute approximate surface area is 118 Å². The smallest absolute Gasteiger partial charge is 0.212 e. The van der Waals surface area contributed by atoms with Crippen molar-refractivity contribution >= 4 is 21.8 Å². The molecule has 0 bridgehead atoms. The maximum absolute atomic E-state index is 12.1. The summed E-state index contributed by atoms with van der Waals surface area (Å²) in [6.45, 7) is 0. The van der Waals surface area contributed by atoms with Crippen LogP contribution in [0.2, 0.25) is 0 Å². The molecule has 1 N–H and O–H groups in total. The molecule has 1 aliphatic rings. The number of sulfonamides is 1. The summed E-state index contributed by atoms with van der Waals surface area (Å²) in [6.07, 6.45) is 1.94. The van der Waals surface area contributed by atoms with Crippen molar-refractivity contribution in [3.63, 3.8) is 0 Å². The summed E-state index contributed by atoms with van der Waals surface area (Å²) in [5, 5.41) is 8.97. The van der Waals surface area contributed by atoms with Crippen molar-refractivity contribution in [2.24, 2.45) is 0 Å². The third kappa shape index (κ3) is 4.23. The Morgan fingerprint density at radius 2 is 2.21 bits per heavy atom. The van der Waals surface area contributed by atoms with Crippen molar-refractivity contribution in [3.05, 3.63) is 35.4 Å². The fourth-order valence-corrected chi connectivity index (χ4v) is 4.72. The van der Waals surface area contributed by atoms with Crippen LogP contribution in [0.4, 0.5) is 0 Å². The van der Waals surface area contributed by atoms with E-state index in [1.54, 1.807) is 36.0 Å². The first-order chi connectivity index (χ1) is 9.11. The predicted molar refractivity (Wildman–Crippen MR) is 77.3 cm³/mol. The first-order valence-corrected chi connectivity index (χ1v) is 8.97. The number of rotatable bonds is 4. The first-order valence-electron chi connectivity index (χ1n) is 6.16. The predicted octanol–water partition coefficient (Wildman–Crippen LogP) is 1.87. The molecule has 1 aromatic rings. The molecule has 6 heteroatoms. The second-order valence-electron chi connectivity index (χ2n) is 4.56. The molecule has 1 saturated heterocycles. The minimum atomic E-state index is -3.38. The van der Waals surface area contributed by atoms with Gasteiger partial charge >= 0.3 is 0 Å². The van der Waals surface area contributed by atoms with Gasteiger partial charge in [0, 0.05) is 11.8 Å². The van der Waals surface area contributed by atoms with Crippen molar-refractivity contribution in [3.8, 4) is 6.07 Å². The fourth-order valence-electron chi connectivity index (χ4n) is 2.09. The molecule has 1 unspecified atom stereocenters. The highest BCUT2D eigenvalue weighted by molar-refractivity contribution is 7.99. The topological polar surface area (TPSA) is 70.0 Å². The van der Waals surface area contributed by atoms with E-state index in [9.17, 15) is 8.42 Å². The van der Waals surface area contributed by atoms with E-state index in [0.717, 1.165) is 24.3 Å². The summed E-state index contributed by atoms with van der Waals surface area (Å²) in [5.74, 6) is 1.81. The van der Waals surface area contributed by atoms with Crippen LogP contribution in [0.25, 0.3) is 0 Å². The number of nitrogens with one attached hydrogen (secondary N) is 1. The molecule has 19 heavy (non-hydrogen) atoms. The van der Waals surface area contributed by atoms with E-state index < -0.39 is 10.0 Å². The van der Waals surface area contributed by atoms with Crippen LogP contribution in [-0.4, -0.2) is 26.0 Å². The molecule has 0 spiro atoms. The number of hydrogen-bond acceptors (Lipinski definition) is 4. The van der Waals surface area contributed by atoms with Crippen molar-refractivity contribution in [2.45, 2.75) is 24.6 Å². The van der Waals surface area contributed by atoms with Gasteiger partial charge in [-0.05, 0) is 30.2 Å². The third-order valence-corrected chi connectivity index (χ3v) is 5.59. The van der Waals surface area contributed by atoms with Gasteiger partial charge in [-0.2, -0.15) is 17.0 Å². The normalized spacial score (nSPS) is 19.8. The molecule has 0 saturated carbocycles. The molecule has 1 aliphatic heterocycles. The van der Waals surface area contributed by atoms with E-state index in [1.165, 1.54) is 0 Å². The number of nitrogens with zero attached hydrogens (tertiary/aromatic N) is 1. The molecule has 0 aromatic heterocycles. The highest BCUT2D eigenvalue weighted by Crippen LogP contribution is 2.18. The van der Waals surface area contributed by atoms with Gasteiger partial charge in [-0.3, -0.25) is 0 Å². The van der Waals surface area contributed by atoms with E-state index in [4.69, 9.17) is 5.26 Å². The summed E-state index contributed by atoms with van der Waals surface area (Å²) in [5.41, 5.74) is 0.979. The molecule has 2 rings (SSSR count). The van der Waals surface area contributed by atoms with Gasteiger partial charge in [0.05, 0.1) is 17.4 Å². The molecular formula is C13H16N2O2S2. The SMILES string of the molecule is N#Cc1ccccc1CS(=O)(=O)NC1CCCSC1. The highest BCUT2D eigenvalue weighted by Gasteiger charge is 2.21. The van der Waals surface area contributed by atoms with Crippen LogP contribution in [-0.2, 0) is 15.8 Å². The van der Waals surface area contributed by atoms with Crippen molar-refractivity contribution < 1.29 is 8.42 Å². The second-order valence-corrected chi connectivity index (χ2v) is 7.46. The lowest BCUT2D eigenvalue weighted by molar-refractivity contribution is 0.542. The zero-order valence-corrected chi connectivity index (χ0v) is 12.1. The highest BCUT2D eigenvalue weighted by atomic mass is 32.2. The van der Waals surface area contributed by atoms with Gasteiger partial charge in [0.1, 0.15) is 0 Å². The maximum atomic E-state index is 12.1. The molecule has 102 valence electrons. The van der Waals surface area contributed by atoms with Crippen LogP contribution in [0.5, 0.6) is 0 Å². The molecule has 4 nitrogen and oxygen atoms in total. The van der Waals surface area contributed by atoms with Gasteiger partial charge in [-0.15, -0.1) is 0 Å². The van der Waals surface area contributed by atoms with E-state index in [1.807, 2.05) is 6.07 Å². The van der Waals surface area contributed by atoms with Crippen molar-refractivity contribution in [1.29, 1.82) is 5.26 Å². The van der Waals surface area contributed by atoms with E-state index in [0.29, 0.717) is 11.1 Å². The summed E-state index contributed by atoms with van der Waals surface area (Å²) in [6, 6.07) is 8.87. The minimum absolute atomic E-state index is 0.0259. The Morgan fingerprint density at radius 3 is 2.89 bits per heavy atom. The van der Waals surface area contributed by atoms with Crippen LogP contribution in [0.1, 0.15) is 24.0 Å². The van der Waals surface area contributed by atoms with Gasteiger partial charge in [-0.1, -0.05) is 18.2 Å². The lowest BCUT2D eigenvalue weighted by Gasteiger charge is -2.22. The van der Waals surface area contributed by atoms with Crippen molar-refractivity contribution in [1.82, 2.24) is 4.72 Å². The van der Waals surface area contributed by atoms with Gasteiger partial charge in [0.15, 0.2) is 0 Å².